The number of aliphatic carboxylic acids is 1. The lowest BCUT2D eigenvalue weighted by Crippen LogP contribution is -2.26. The monoisotopic (exact) mass is 641 g/mol. The Labute approximate surface area is 262 Å². The largest absolute Gasteiger partial charge is 0.744 e. The zero-order valence-electron chi connectivity index (χ0n) is 25.4. The lowest BCUT2D eigenvalue weighted by molar-refractivity contribution is -0.777. The topological polar surface area (TPSA) is 142 Å². The first-order chi connectivity index (χ1) is 20.7. The molecule has 0 amide bonds. The third kappa shape index (κ3) is 6.85. The Morgan fingerprint density at radius 2 is 1.82 bits per heavy atom. The van der Waals surface area contributed by atoms with Crippen LogP contribution in [0.4, 0.5) is 11.4 Å². The SMILES string of the molecule is CN1\C(=C/C=C/C=C/C2=[N+](C)c3ccc(S(=O)(=O)[O-])cc3C2(C)C)C(C)(CCCCCC(=O)O)c2cc(SOO[O-])ccc21. The fraction of sp³-hybridized carbons (Fsp3) is 0.375. The molecule has 0 spiro atoms. The van der Waals surface area contributed by atoms with Gasteiger partial charge in [-0.05, 0) is 75.6 Å². The van der Waals surface area contributed by atoms with E-state index in [1.165, 1.54) is 12.1 Å². The fourth-order valence-corrected chi connectivity index (χ4v) is 7.20. The molecule has 0 saturated heterocycles. The molecule has 0 aliphatic carbocycles. The molecule has 0 radical (unpaired) electrons. The molecule has 0 saturated carbocycles. The molecule has 44 heavy (non-hydrogen) atoms. The number of hydrogen-bond acceptors (Lipinski definition) is 9. The second-order valence-electron chi connectivity index (χ2n) is 11.7. The van der Waals surface area contributed by atoms with Crippen LogP contribution >= 0.6 is 12.0 Å². The summed E-state index contributed by atoms with van der Waals surface area (Å²) in [4.78, 5) is 13.6. The number of allylic oxidation sites excluding steroid dienone is 6. The number of unbranched alkanes of at least 4 members (excludes halogenated alkanes) is 2. The molecule has 2 aromatic rings. The van der Waals surface area contributed by atoms with Gasteiger partial charge in [-0.1, -0.05) is 31.1 Å². The van der Waals surface area contributed by atoms with Gasteiger partial charge in [0.25, 0.3) is 0 Å². The maximum Gasteiger partial charge on any atom is 0.303 e. The lowest BCUT2D eigenvalue weighted by atomic mass is 9.77. The predicted molar refractivity (Wildman–Crippen MR) is 166 cm³/mol. The number of rotatable bonds is 13. The third-order valence-electron chi connectivity index (χ3n) is 8.60. The maximum absolute atomic E-state index is 11.6. The fourth-order valence-electron chi connectivity index (χ4n) is 6.31. The van der Waals surface area contributed by atoms with Gasteiger partial charge < -0.3 is 19.8 Å². The Morgan fingerprint density at radius 1 is 1.07 bits per heavy atom. The molecule has 1 unspecified atom stereocenters. The van der Waals surface area contributed by atoms with Crippen LogP contribution in [0.3, 0.4) is 0 Å². The van der Waals surface area contributed by atoms with Gasteiger partial charge in [-0.3, -0.25) is 9.83 Å². The van der Waals surface area contributed by atoms with E-state index >= 15 is 0 Å². The highest BCUT2D eigenvalue weighted by Gasteiger charge is 2.43. The highest BCUT2D eigenvalue weighted by Crippen LogP contribution is 2.51. The van der Waals surface area contributed by atoms with Crippen LogP contribution in [0.1, 0.15) is 64.0 Å². The van der Waals surface area contributed by atoms with Crippen LogP contribution in [0, 0.1) is 0 Å². The molecule has 4 rings (SSSR count). The zero-order chi connectivity index (χ0) is 32.3. The summed E-state index contributed by atoms with van der Waals surface area (Å²) in [6.45, 7) is 6.16. The highest BCUT2D eigenvalue weighted by molar-refractivity contribution is 7.94. The van der Waals surface area contributed by atoms with E-state index in [0.717, 1.165) is 70.1 Å². The standard InChI is InChI=1S/C32H38N2O8S2/c1-31(2)24-21-23(44(38,39)40)16-18-26(24)33(4)28(31)12-8-6-9-13-29-32(3,19-11-7-10-14-30(35)36)25-20-22(43-42-41-37)15-17-27(25)34(29)5/h6,8-9,12-13,15-18,20-21H,7,10-11,14,19H2,1-5H3,(H2-,35,36,37,38,39,40)/p-1. The van der Waals surface area contributed by atoms with Crippen LogP contribution in [0.5, 0.6) is 0 Å². The Balaban J connectivity index is 1.58. The van der Waals surface area contributed by atoms with Gasteiger partial charge in [0, 0.05) is 52.9 Å². The van der Waals surface area contributed by atoms with Gasteiger partial charge in [-0.15, -0.1) is 0 Å². The van der Waals surface area contributed by atoms with Gasteiger partial charge in [0.2, 0.25) is 5.69 Å². The van der Waals surface area contributed by atoms with Crippen molar-refractivity contribution in [3.05, 3.63) is 83.6 Å². The van der Waals surface area contributed by atoms with E-state index in [9.17, 15) is 23.0 Å². The van der Waals surface area contributed by atoms with E-state index in [1.807, 2.05) is 75.0 Å². The van der Waals surface area contributed by atoms with Crippen molar-refractivity contribution in [1.82, 2.24) is 0 Å². The number of nitrogens with zero attached hydrogens (tertiary/aromatic N) is 2. The van der Waals surface area contributed by atoms with E-state index in [4.69, 9.17) is 5.11 Å². The van der Waals surface area contributed by atoms with E-state index in [-0.39, 0.29) is 16.7 Å². The summed E-state index contributed by atoms with van der Waals surface area (Å²) in [5.74, 6) is -0.794. The van der Waals surface area contributed by atoms with Crippen molar-refractivity contribution in [3.8, 4) is 0 Å². The minimum Gasteiger partial charge on any atom is -0.744 e. The summed E-state index contributed by atoms with van der Waals surface area (Å²) in [7, 11) is -0.640. The predicted octanol–water partition coefficient (Wildman–Crippen LogP) is 5.27. The van der Waals surface area contributed by atoms with Crippen LogP contribution in [0.2, 0.25) is 0 Å². The van der Waals surface area contributed by atoms with Crippen LogP contribution in [0.25, 0.3) is 0 Å². The van der Waals surface area contributed by atoms with Crippen molar-refractivity contribution in [3.63, 3.8) is 0 Å². The number of carboxylic acids is 1. The zero-order valence-corrected chi connectivity index (χ0v) is 27.0. The number of benzene rings is 2. The van der Waals surface area contributed by atoms with Crippen molar-refractivity contribution >= 4 is 45.2 Å². The Kier molecular flexibility index (Phi) is 10.2. The summed E-state index contributed by atoms with van der Waals surface area (Å²) < 4.78 is 41.4. The van der Waals surface area contributed by atoms with E-state index in [0.29, 0.717) is 6.42 Å². The second-order valence-corrected chi connectivity index (χ2v) is 13.9. The second kappa shape index (κ2) is 13.4. The number of likely N-dealkylation sites (N-methyl/N-ethyl adjacent to an activating group) is 1. The van der Waals surface area contributed by atoms with Crippen molar-refractivity contribution in [1.29, 1.82) is 0 Å². The molecule has 2 aliphatic heterocycles. The van der Waals surface area contributed by atoms with Gasteiger partial charge in [0.1, 0.15) is 17.2 Å². The first-order valence-corrected chi connectivity index (χ1v) is 16.4. The van der Waals surface area contributed by atoms with E-state index in [1.54, 1.807) is 6.07 Å². The third-order valence-corrected chi connectivity index (χ3v) is 10.0. The van der Waals surface area contributed by atoms with Crippen LogP contribution in [0.15, 0.2) is 82.3 Å². The summed E-state index contributed by atoms with van der Waals surface area (Å²) in [5, 5.41) is 22.9. The molecule has 0 fully saturated rings. The molecule has 0 aromatic heterocycles. The Hall–Kier alpha value is -3.26. The molecule has 1 N–H and O–H groups in total. The minimum atomic E-state index is -4.56. The maximum atomic E-state index is 11.6. The number of fused-ring (bicyclic) bond motifs is 2. The van der Waals surface area contributed by atoms with Gasteiger partial charge in [-0.25, -0.2) is 8.42 Å². The molecular weight excluding hydrogens is 604 g/mol. The molecule has 0 bridgehead atoms. The minimum absolute atomic E-state index is 0.146. The molecule has 236 valence electrons. The molecule has 2 heterocycles. The smallest absolute Gasteiger partial charge is 0.303 e. The van der Waals surface area contributed by atoms with E-state index < -0.39 is 21.5 Å². The lowest BCUT2D eigenvalue weighted by Gasteiger charge is -2.29. The van der Waals surface area contributed by atoms with Gasteiger partial charge >= 0.3 is 5.97 Å². The van der Waals surface area contributed by atoms with E-state index in [2.05, 4.69) is 27.3 Å². The average Bonchev–Trinajstić information content (AvgIpc) is 3.29. The number of carbonyl (C=O) groups is 1. The van der Waals surface area contributed by atoms with Gasteiger partial charge in [-0.2, -0.15) is 8.91 Å². The highest BCUT2D eigenvalue weighted by atomic mass is 32.2. The van der Waals surface area contributed by atoms with Crippen molar-refractivity contribution in [2.45, 2.75) is 73.5 Å². The normalized spacial score (nSPS) is 20.3. The number of anilines is 1. The summed E-state index contributed by atoms with van der Waals surface area (Å²) in [5.41, 5.74) is 4.87. The Morgan fingerprint density at radius 3 is 2.50 bits per heavy atom. The molecular formula is C32H37N2O8S2-. The summed E-state index contributed by atoms with van der Waals surface area (Å²) in [6, 6.07) is 10.3. The van der Waals surface area contributed by atoms with Crippen LogP contribution < -0.4 is 10.2 Å². The van der Waals surface area contributed by atoms with Crippen LogP contribution in [-0.4, -0.2) is 48.4 Å². The molecule has 2 aliphatic rings. The van der Waals surface area contributed by atoms with Gasteiger partial charge in [0.15, 0.2) is 5.71 Å². The first kappa shape index (κ1) is 33.6. The molecule has 1 atom stereocenters. The Bertz CT molecular complexity index is 1660. The summed E-state index contributed by atoms with van der Waals surface area (Å²) >= 11 is 0.846. The number of carboxylic acid groups (broad SMARTS) is 1. The molecule has 10 nitrogen and oxygen atoms in total. The molecule has 2 aromatic carbocycles. The molecule has 12 heteroatoms. The average molecular weight is 642 g/mol. The quantitative estimate of drug-likeness (QED) is 0.0585. The van der Waals surface area contributed by atoms with Crippen molar-refractivity contribution in [2.24, 2.45) is 0 Å². The summed E-state index contributed by atoms with van der Waals surface area (Å²) in [6.07, 6.45) is 13.1. The van der Waals surface area contributed by atoms with Crippen LogP contribution in [-0.2, 0) is 35.1 Å². The number of hydrogen-bond donors (Lipinski definition) is 1. The van der Waals surface area contributed by atoms with Gasteiger partial charge in [0.05, 0.1) is 22.4 Å². The van der Waals surface area contributed by atoms with Crippen molar-refractivity contribution < 1.29 is 42.1 Å². The van der Waals surface area contributed by atoms with Crippen molar-refractivity contribution in [2.75, 3.05) is 19.0 Å². The first-order valence-electron chi connectivity index (χ1n) is 14.2.